The summed E-state index contributed by atoms with van der Waals surface area (Å²) in [5.41, 5.74) is 7.31. The number of hydrogen-bond donors (Lipinski definition) is 4. The number of ether oxygens (including phenoxy) is 1. The van der Waals surface area contributed by atoms with Gasteiger partial charge in [-0.25, -0.2) is 4.79 Å². The van der Waals surface area contributed by atoms with Crippen molar-refractivity contribution in [3.63, 3.8) is 0 Å². The molecule has 0 saturated carbocycles. The van der Waals surface area contributed by atoms with Crippen LogP contribution in [0.25, 0.3) is 5.76 Å². The van der Waals surface area contributed by atoms with E-state index in [0.29, 0.717) is 21.2 Å². The lowest BCUT2D eigenvalue weighted by atomic mass is 10.1. The summed E-state index contributed by atoms with van der Waals surface area (Å²) in [6.07, 6.45) is 1.93. The monoisotopic (exact) mass is 424 g/mol. The van der Waals surface area contributed by atoms with Crippen molar-refractivity contribution in [2.45, 2.75) is 18.9 Å². The highest BCUT2D eigenvalue weighted by Gasteiger charge is 2.21. The number of thiophene rings is 1. The number of nitrogens with one attached hydrogen (secondary N) is 3. The molecule has 3 rings (SSSR count). The molecule has 30 heavy (non-hydrogen) atoms. The van der Waals surface area contributed by atoms with Crippen LogP contribution in [0.4, 0.5) is 10.5 Å². The molecule has 1 fully saturated rings. The van der Waals surface area contributed by atoms with Gasteiger partial charge in [-0.05, 0) is 37.6 Å². The molecule has 2 heterocycles. The molecule has 0 aliphatic carbocycles. The largest absolute Gasteiger partial charge is 0.497 e. The van der Waals surface area contributed by atoms with E-state index in [2.05, 4.69) is 34.4 Å². The van der Waals surface area contributed by atoms with E-state index in [-0.39, 0.29) is 11.9 Å². The van der Waals surface area contributed by atoms with E-state index in [1.165, 1.54) is 11.3 Å². The number of amides is 3. The fraction of sp³-hybridized carbons (Fsp3) is 0.273. The topological polar surface area (TPSA) is 105 Å². The van der Waals surface area contributed by atoms with Crippen molar-refractivity contribution >= 4 is 34.7 Å². The van der Waals surface area contributed by atoms with Crippen LogP contribution in [0.3, 0.4) is 0 Å². The number of primary amides is 1. The second-order valence-electron chi connectivity index (χ2n) is 6.81. The first-order valence-corrected chi connectivity index (χ1v) is 10.3. The van der Waals surface area contributed by atoms with Gasteiger partial charge in [0.2, 0.25) is 0 Å². The fourth-order valence-corrected chi connectivity index (χ4v) is 3.93. The summed E-state index contributed by atoms with van der Waals surface area (Å²) < 4.78 is 5.11. The zero-order valence-electron chi connectivity index (χ0n) is 16.7. The molecule has 0 unspecified atom stereocenters. The number of piperidine rings is 1. The molecular formula is C22H24N4O3S. The number of carbonyl (C=O) groups excluding carboxylic acids is 2. The lowest BCUT2D eigenvalue weighted by Gasteiger charge is -2.23. The molecule has 0 spiro atoms. The van der Waals surface area contributed by atoms with Crippen molar-refractivity contribution < 1.29 is 14.3 Å². The second-order valence-corrected chi connectivity index (χ2v) is 7.87. The summed E-state index contributed by atoms with van der Waals surface area (Å²) in [7, 11) is 1.57. The molecule has 1 saturated heterocycles. The normalized spacial score (nSPS) is 15.4. The smallest absolute Gasteiger partial charge is 0.316 e. The Kier molecular flexibility index (Phi) is 7.12. The zero-order chi connectivity index (χ0) is 21.5. The average molecular weight is 425 g/mol. The maximum absolute atomic E-state index is 12.7. The van der Waals surface area contributed by atoms with Crippen LogP contribution in [0.5, 0.6) is 0 Å². The molecule has 1 aromatic carbocycles. The van der Waals surface area contributed by atoms with E-state index in [9.17, 15) is 9.59 Å². The molecule has 1 aromatic heterocycles. The summed E-state index contributed by atoms with van der Waals surface area (Å²) >= 11 is 1.22. The SMILES string of the molecule is C=C(OC)c1ccc(C#Cc2cc(NC(N)=O)c(C(=O)N[C@H]3CCCNC3)s2)cc1. The minimum atomic E-state index is -0.727. The lowest BCUT2D eigenvalue weighted by Crippen LogP contribution is -2.45. The van der Waals surface area contributed by atoms with Gasteiger partial charge in [0.15, 0.2) is 0 Å². The van der Waals surface area contributed by atoms with Crippen LogP contribution >= 0.6 is 11.3 Å². The van der Waals surface area contributed by atoms with Crippen LogP contribution in [0.2, 0.25) is 0 Å². The highest BCUT2D eigenvalue weighted by atomic mass is 32.1. The molecule has 5 N–H and O–H groups in total. The van der Waals surface area contributed by atoms with Gasteiger partial charge >= 0.3 is 6.03 Å². The van der Waals surface area contributed by atoms with E-state index < -0.39 is 6.03 Å². The van der Waals surface area contributed by atoms with Crippen LogP contribution < -0.4 is 21.7 Å². The first kappa shape index (κ1) is 21.4. The van der Waals surface area contributed by atoms with Crippen molar-refractivity contribution in [1.82, 2.24) is 10.6 Å². The Bertz CT molecular complexity index is 996. The Morgan fingerprint density at radius 2 is 2.07 bits per heavy atom. The van der Waals surface area contributed by atoms with Crippen molar-refractivity contribution in [2.75, 3.05) is 25.5 Å². The summed E-state index contributed by atoms with van der Waals surface area (Å²) in [5.74, 6) is 6.45. The number of benzene rings is 1. The first-order chi connectivity index (χ1) is 14.5. The van der Waals surface area contributed by atoms with E-state index in [1.54, 1.807) is 13.2 Å². The van der Waals surface area contributed by atoms with Crippen LogP contribution in [0.1, 0.15) is 38.5 Å². The predicted molar refractivity (Wildman–Crippen MR) is 119 cm³/mol. The molecule has 8 heteroatoms. The van der Waals surface area contributed by atoms with Crippen LogP contribution in [-0.4, -0.2) is 38.2 Å². The summed E-state index contributed by atoms with van der Waals surface area (Å²) in [4.78, 5) is 25.1. The van der Waals surface area contributed by atoms with Gasteiger partial charge in [0.1, 0.15) is 10.6 Å². The van der Waals surface area contributed by atoms with Gasteiger partial charge in [-0.1, -0.05) is 30.6 Å². The summed E-state index contributed by atoms with van der Waals surface area (Å²) in [6, 6.07) is 8.48. The van der Waals surface area contributed by atoms with E-state index in [1.807, 2.05) is 24.3 Å². The van der Waals surface area contributed by atoms with Gasteiger partial charge in [-0.2, -0.15) is 0 Å². The van der Waals surface area contributed by atoms with Gasteiger partial charge in [0, 0.05) is 23.7 Å². The number of hydrogen-bond acceptors (Lipinski definition) is 5. The van der Waals surface area contributed by atoms with E-state index >= 15 is 0 Å². The lowest BCUT2D eigenvalue weighted by molar-refractivity contribution is 0.0935. The van der Waals surface area contributed by atoms with Crippen molar-refractivity contribution in [3.05, 3.63) is 57.8 Å². The standard InChI is InChI=1S/C22H24N4O3S/c1-14(29-2)16-8-5-15(6-9-16)7-10-18-12-19(26-22(23)28)20(30-18)21(27)25-17-4-3-11-24-13-17/h5-6,8-9,12,17,24H,1,3-4,11,13H2,2H3,(H,25,27)(H3,23,26,28)/t17-/m0/s1. The molecule has 7 nitrogen and oxygen atoms in total. The maximum Gasteiger partial charge on any atom is 0.316 e. The highest BCUT2D eigenvalue weighted by molar-refractivity contribution is 7.15. The predicted octanol–water partition coefficient (Wildman–Crippen LogP) is 2.74. The molecule has 3 amide bonds. The Balaban J connectivity index is 1.79. The Hall–Kier alpha value is -3.28. The van der Waals surface area contributed by atoms with Crippen LogP contribution in [-0.2, 0) is 4.74 Å². The van der Waals surface area contributed by atoms with Gasteiger partial charge < -0.3 is 26.4 Å². The third-order valence-corrected chi connectivity index (χ3v) is 5.66. The number of rotatable bonds is 5. The van der Waals surface area contributed by atoms with E-state index in [0.717, 1.165) is 37.1 Å². The summed E-state index contributed by atoms with van der Waals surface area (Å²) in [6.45, 7) is 5.51. The number of nitrogens with two attached hydrogens (primary N) is 1. The molecule has 0 bridgehead atoms. The summed E-state index contributed by atoms with van der Waals surface area (Å²) in [5, 5.41) is 8.78. The number of methoxy groups -OCH3 is 1. The highest BCUT2D eigenvalue weighted by Crippen LogP contribution is 2.27. The van der Waals surface area contributed by atoms with Crippen molar-refractivity contribution in [3.8, 4) is 11.8 Å². The minimum absolute atomic E-state index is 0.0599. The average Bonchev–Trinajstić information content (AvgIpc) is 3.15. The van der Waals surface area contributed by atoms with Gasteiger partial charge in [0.05, 0.1) is 17.7 Å². The zero-order valence-corrected chi connectivity index (χ0v) is 17.5. The molecule has 1 aliphatic heterocycles. The quantitative estimate of drug-likeness (QED) is 0.437. The van der Waals surface area contributed by atoms with Gasteiger partial charge in [-0.15, -0.1) is 11.3 Å². The Labute approximate surface area is 179 Å². The van der Waals surface area contributed by atoms with Crippen LogP contribution in [0.15, 0.2) is 36.9 Å². The molecular weight excluding hydrogens is 400 g/mol. The minimum Gasteiger partial charge on any atom is -0.497 e. The molecule has 1 aliphatic rings. The third-order valence-electron chi connectivity index (χ3n) is 4.61. The molecule has 2 aromatic rings. The molecule has 1 atom stereocenters. The van der Waals surface area contributed by atoms with Crippen LogP contribution in [0, 0.1) is 11.8 Å². The maximum atomic E-state index is 12.7. The number of urea groups is 1. The first-order valence-electron chi connectivity index (χ1n) is 9.53. The number of carbonyl (C=O) groups is 2. The molecule has 0 radical (unpaired) electrons. The van der Waals surface area contributed by atoms with Gasteiger partial charge in [0.25, 0.3) is 5.91 Å². The van der Waals surface area contributed by atoms with Gasteiger partial charge in [-0.3, -0.25) is 4.79 Å². The molecule has 156 valence electrons. The van der Waals surface area contributed by atoms with Crippen molar-refractivity contribution in [1.29, 1.82) is 0 Å². The van der Waals surface area contributed by atoms with Crippen molar-refractivity contribution in [2.24, 2.45) is 5.73 Å². The fourth-order valence-electron chi connectivity index (χ4n) is 3.06. The number of anilines is 1. The third kappa shape index (κ3) is 5.63. The second kappa shape index (κ2) is 9.96. The van der Waals surface area contributed by atoms with E-state index in [4.69, 9.17) is 10.5 Å². The Morgan fingerprint density at radius 1 is 1.30 bits per heavy atom. The Morgan fingerprint density at radius 3 is 2.70 bits per heavy atom.